The van der Waals surface area contributed by atoms with Crippen molar-refractivity contribution in [2.45, 2.75) is 117 Å². The zero-order chi connectivity index (χ0) is 18.2. The van der Waals surface area contributed by atoms with Gasteiger partial charge in [-0.15, -0.1) is 0 Å². The molecule has 0 saturated carbocycles. The molecule has 0 spiro atoms. The van der Waals surface area contributed by atoms with Crippen molar-refractivity contribution >= 4 is 0 Å². The quantitative estimate of drug-likeness (QED) is 0.406. The van der Waals surface area contributed by atoms with Gasteiger partial charge in [-0.1, -0.05) is 106 Å². The molecule has 0 heterocycles. The highest BCUT2D eigenvalue weighted by atomic mass is 14.3. The molecule has 0 aliphatic rings. The van der Waals surface area contributed by atoms with E-state index < -0.39 is 0 Å². The molecule has 0 atom stereocenters. The molecule has 1 rings (SSSR count). The van der Waals surface area contributed by atoms with E-state index in [1.54, 1.807) is 5.56 Å². The van der Waals surface area contributed by atoms with Gasteiger partial charge in [0.05, 0.1) is 0 Å². The molecule has 137 valence electrons. The van der Waals surface area contributed by atoms with Crippen LogP contribution in [0.1, 0.15) is 117 Å². The lowest BCUT2D eigenvalue weighted by Crippen LogP contribution is -2.21. The van der Waals surface area contributed by atoms with Gasteiger partial charge in [-0.3, -0.25) is 0 Å². The fourth-order valence-corrected chi connectivity index (χ4v) is 3.60. The Labute approximate surface area is 152 Å². The Kier molecular flexibility index (Phi) is 8.54. The van der Waals surface area contributed by atoms with E-state index in [-0.39, 0.29) is 10.8 Å². The minimum absolute atomic E-state index is 0.177. The molecule has 0 fully saturated rings. The maximum Gasteiger partial charge on any atom is -0.0123 e. The lowest BCUT2D eigenvalue weighted by atomic mass is 9.75. The van der Waals surface area contributed by atoms with Crippen LogP contribution in [-0.2, 0) is 17.3 Å². The lowest BCUT2D eigenvalue weighted by Gasteiger charge is -2.30. The van der Waals surface area contributed by atoms with Crippen LogP contribution in [0.2, 0.25) is 0 Å². The van der Waals surface area contributed by atoms with Crippen LogP contribution in [0, 0.1) is 6.07 Å². The van der Waals surface area contributed by atoms with Crippen LogP contribution in [-0.4, -0.2) is 0 Å². The fraction of sp³-hybridized carbons (Fsp3) is 0.750. The fourth-order valence-electron chi connectivity index (χ4n) is 3.60. The first-order valence-corrected chi connectivity index (χ1v) is 10.2. The predicted octanol–water partition coefficient (Wildman–Crippen LogP) is 7.76. The summed E-state index contributed by atoms with van der Waals surface area (Å²) >= 11 is 0. The van der Waals surface area contributed by atoms with Gasteiger partial charge in [0.1, 0.15) is 0 Å². The van der Waals surface area contributed by atoms with E-state index in [0.717, 1.165) is 0 Å². The van der Waals surface area contributed by atoms with E-state index in [9.17, 15) is 0 Å². The van der Waals surface area contributed by atoms with Crippen molar-refractivity contribution in [2.75, 3.05) is 0 Å². The van der Waals surface area contributed by atoms with Crippen LogP contribution >= 0.6 is 0 Å². The van der Waals surface area contributed by atoms with Gasteiger partial charge in [-0.05, 0) is 46.4 Å². The largest absolute Gasteiger partial charge is 0.0654 e. The second-order valence-electron chi connectivity index (χ2n) is 9.47. The van der Waals surface area contributed by atoms with Gasteiger partial charge in [0.2, 0.25) is 0 Å². The zero-order valence-corrected chi connectivity index (χ0v) is 17.5. The molecular formula is C24H41. The molecule has 0 saturated heterocycles. The standard InChI is InChI=1S/C24H41/c1-8-9-10-11-12-13-14-15-17-20-21(23(2,3)4)18-16-19-22(20)24(5,6)7/h16,18H,8-15,17H2,1-7H3. The van der Waals surface area contributed by atoms with E-state index in [4.69, 9.17) is 0 Å². The van der Waals surface area contributed by atoms with Gasteiger partial charge in [0, 0.05) is 0 Å². The normalized spacial score (nSPS) is 12.6. The first-order valence-electron chi connectivity index (χ1n) is 10.2. The molecule has 0 heteroatoms. The van der Waals surface area contributed by atoms with E-state index >= 15 is 0 Å². The first-order chi connectivity index (χ1) is 11.2. The molecule has 0 aliphatic carbocycles. The Hall–Kier alpha value is -0.780. The number of benzene rings is 1. The first kappa shape index (κ1) is 21.3. The third-order valence-corrected chi connectivity index (χ3v) is 4.94. The molecular weight excluding hydrogens is 288 g/mol. The Morgan fingerprint density at radius 1 is 0.750 bits per heavy atom. The molecule has 0 bridgehead atoms. The highest BCUT2D eigenvalue weighted by molar-refractivity contribution is 5.42. The van der Waals surface area contributed by atoms with Crippen molar-refractivity contribution in [2.24, 2.45) is 0 Å². The van der Waals surface area contributed by atoms with Gasteiger partial charge in [-0.25, -0.2) is 0 Å². The van der Waals surface area contributed by atoms with Crippen molar-refractivity contribution in [3.05, 3.63) is 34.9 Å². The molecule has 0 N–H and O–H groups in total. The van der Waals surface area contributed by atoms with Crippen LogP contribution in [0.25, 0.3) is 0 Å². The van der Waals surface area contributed by atoms with Crippen molar-refractivity contribution in [1.29, 1.82) is 0 Å². The van der Waals surface area contributed by atoms with Crippen molar-refractivity contribution in [1.82, 2.24) is 0 Å². The molecule has 1 aromatic rings. The minimum atomic E-state index is 0.177. The summed E-state index contributed by atoms with van der Waals surface area (Å²) in [4.78, 5) is 0. The molecule has 24 heavy (non-hydrogen) atoms. The van der Waals surface area contributed by atoms with Gasteiger partial charge >= 0.3 is 0 Å². The van der Waals surface area contributed by atoms with Crippen LogP contribution in [0.3, 0.4) is 0 Å². The summed E-state index contributed by atoms with van der Waals surface area (Å²) in [6.07, 6.45) is 12.3. The van der Waals surface area contributed by atoms with Gasteiger partial charge in [-0.2, -0.15) is 0 Å². The average molecular weight is 330 g/mol. The maximum atomic E-state index is 3.56. The third kappa shape index (κ3) is 6.99. The maximum absolute atomic E-state index is 3.56. The second-order valence-corrected chi connectivity index (χ2v) is 9.47. The topological polar surface area (TPSA) is 0 Å². The Balaban J connectivity index is 2.68. The minimum Gasteiger partial charge on any atom is -0.0654 e. The summed E-state index contributed by atoms with van der Waals surface area (Å²) in [5.41, 5.74) is 4.91. The third-order valence-electron chi connectivity index (χ3n) is 4.94. The summed E-state index contributed by atoms with van der Waals surface area (Å²) in [6, 6.07) is 8.00. The molecule has 0 aliphatic heterocycles. The molecule has 1 radical (unpaired) electrons. The predicted molar refractivity (Wildman–Crippen MR) is 109 cm³/mol. The summed E-state index contributed by atoms with van der Waals surface area (Å²) in [5, 5.41) is 0. The highest BCUT2D eigenvalue weighted by Crippen LogP contribution is 2.34. The lowest BCUT2D eigenvalue weighted by molar-refractivity contribution is 0.540. The number of hydrogen-bond donors (Lipinski definition) is 0. The summed E-state index contributed by atoms with van der Waals surface area (Å²) in [6.45, 7) is 16.3. The number of hydrogen-bond acceptors (Lipinski definition) is 0. The number of rotatable bonds is 9. The Bertz CT molecular complexity index is 436. The summed E-state index contributed by atoms with van der Waals surface area (Å²) in [5.74, 6) is 0. The molecule has 0 amide bonds. The van der Waals surface area contributed by atoms with E-state index in [1.807, 2.05) is 0 Å². The second kappa shape index (κ2) is 9.64. The molecule has 0 unspecified atom stereocenters. The Morgan fingerprint density at radius 2 is 1.29 bits per heavy atom. The van der Waals surface area contributed by atoms with Crippen molar-refractivity contribution in [3.63, 3.8) is 0 Å². The van der Waals surface area contributed by atoms with Gasteiger partial charge < -0.3 is 0 Å². The van der Waals surface area contributed by atoms with E-state index in [2.05, 4.69) is 66.7 Å². The smallest absolute Gasteiger partial charge is 0.0123 e. The number of unbranched alkanes of at least 4 members (excludes halogenated alkanes) is 7. The monoisotopic (exact) mass is 329 g/mol. The van der Waals surface area contributed by atoms with Gasteiger partial charge in [0.25, 0.3) is 0 Å². The van der Waals surface area contributed by atoms with Crippen LogP contribution in [0.15, 0.2) is 12.1 Å². The van der Waals surface area contributed by atoms with Gasteiger partial charge in [0.15, 0.2) is 0 Å². The van der Waals surface area contributed by atoms with Crippen LogP contribution in [0.4, 0.5) is 0 Å². The van der Waals surface area contributed by atoms with E-state index in [0.29, 0.717) is 0 Å². The van der Waals surface area contributed by atoms with Crippen molar-refractivity contribution in [3.8, 4) is 0 Å². The van der Waals surface area contributed by atoms with E-state index in [1.165, 1.54) is 68.9 Å². The van der Waals surface area contributed by atoms with Crippen molar-refractivity contribution < 1.29 is 0 Å². The molecule has 0 aromatic heterocycles. The molecule has 1 aromatic carbocycles. The highest BCUT2D eigenvalue weighted by Gasteiger charge is 2.24. The molecule has 0 nitrogen and oxygen atoms in total. The zero-order valence-electron chi connectivity index (χ0n) is 17.5. The van der Waals surface area contributed by atoms with Crippen LogP contribution < -0.4 is 0 Å². The Morgan fingerprint density at radius 3 is 1.79 bits per heavy atom. The van der Waals surface area contributed by atoms with Crippen LogP contribution in [0.5, 0.6) is 0 Å². The average Bonchev–Trinajstić information content (AvgIpc) is 2.48. The SMILES string of the molecule is CCCCCCCCCCc1c(C(C)(C)C)[c]ccc1C(C)(C)C. The summed E-state index contributed by atoms with van der Waals surface area (Å²) in [7, 11) is 0. The summed E-state index contributed by atoms with van der Waals surface area (Å²) < 4.78 is 0.